The summed E-state index contributed by atoms with van der Waals surface area (Å²) in [6.07, 6.45) is 15.8. The summed E-state index contributed by atoms with van der Waals surface area (Å²) in [7, 11) is 3.35. The highest BCUT2D eigenvalue weighted by molar-refractivity contribution is 8.82. The molecule has 0 aromatic heterocycles. The Morgan fingerprint density at radius 1 is 0.865 bits per heavy atom. The third kappa shape index (κ3) is 7.26. The third-order valence-electron chi connectivity index (χ3n) is 6.92. The normalized spacial score (nSPS) is 17.4. The number of unbranched alkanes of at least 4 members (excludes halogenated alkanes) is 6. The lowest BCUT2D eigenvalue weighted by Crippen LogP contribution is -2.25. The van der Waals surface area contributed by atoms with Gasteiger partial charge in [0, 0.05) is 38.5 Å². The van der Waals surface area contributed by atoms with E-state index in [4.69, 9.17) is 4.74 Å². The van der Waals surface area contributed by atoms with E-state index < -0.39 is 0 Å². The van der Waals surface area contributed by atoms with E-state index in [-0.39, 0.29) is 17.5 Å². The highest BCUT2D eigenvalue weighted by Crippen LogP contribution is 2.48. The average molecular weight is 535 g/mol. The van der Waals surface area contributed by atoms with Gasteiger partial charge in [0.2, 0.25) is 0 Å². The molecule has 1 aromatic rings. The summed E-state index contributed by atoms with van der Waals surface area (Å²) in [6.45, 7) is 5.75. The summed E-state index contributed by atoms with van der Waals surface area (Å²) in [6, 6.07) is 7.64. The van der Waals surface area contributed by atoms with Crippen molar-refractivity contribution in [2.75, 3.05) is 0 Å². The molecule has 0 N–H and O–H groups in total. The molecule has 0 amide bonds. The molecule has 4 nitrogen and oxygen atoms in total. The van der Waals surface area contributed by atoms with E-state index in [1.807, 2.05) is 36.4 Å². The Hall–Kier alpha value is -2.57. The van der Waals surface area contributed by atoms with Crippen LogP contribution in [0.2, 0.25) is 0 Å². The van der Waals surface area contributed by atoms with Gasteiger partial charge < -0.3 is 4.74 Å². The van der Waals surface area contributed by atoms with Gasteiger partial charge in [-0.3, -0.25) is 14.4 Å². The maximum Gasteiger partial charge on any atom is 0.311 e. The summed E-state index contributed by atoms with van der Waals surface area (Å²) >= 11 is 0. The number of ketones is 2. The summed E-state index contributed by atoms with van der Waals surface area (Å²) in [4.78, 5) is 39.8. The number of hydrogen-bond acceptors (Lipinski definition) is 6. The molecule has 4 rings (SSSR count). The Morgan fingerprint density at radius 2 is 1.49 bits per heavy atom. The highest BCUT2D eigenvalue weighted by Gasteiger charge is 2.32. The van der Waals surface area contributed by atoms with Gasteiger partial charge in [0.1, 0.15) is 5.75 Å². The molecule has 1 heterocycles. The molecule has 0 unspecified atom stereocenters. The summed E-state index contributed by atoms with van der Waals surface area (Å²) in [5, 5.41) is 0. The van der Waals surface area contributed by atoms with E-state index in [1.165, 1.54) is 4.91 Å². The maximum absolute atomic E-state index is 12.8. The molecule has 0 spiro atoms. The van der Waals surface area contributed by atoms with Crippen LogP contribution in [-0.4, -0.2) is 17.5 Å². The zero-order chi connectivity index (χ0) is 26.2. The molecule has 37 heavy (non-hydrogen) atoms. The van der Waals surface area contributed by atoms with Gasteiger partial charge in [-0.1, -0.05) is 84.6 Å². The lowest BCUT2D eigenvalue weighted by Gasteiger charge is -2.23. The number of rotatable bonds is 12. The molecular formula is C31H34O4S2. The first-order chi connectivity index (χ1) is 17.9. The molecule has 3 aliphatic rings. The van der Waals surface area contributed by atoms with Gasteiger partial charge in [0.05, 0.1) is 0 Å². The summed E-state index contributed by atoms with van der Waals surface area (Å²) in [5.74, 6) is 0.483. The number of Topliss-reactive ketones (excluding diaryl/α,β-unsaturated/α-hetero) is 2. The number of carbonyl (C=O) groups is 3. The Bertz CT molecular complexity index is 1200. The van der Waals surface area contributed by atoms with Crippen molar-refractivity contribution in [2.45, 2.75) is 77.6 Å². The second-order valence-corrected chi connectivity index (χ2v) is 12.0. The van der Waals surface area contributed by atoms with Crippen molar-refractivity contribution in [3.63, 3.8) is 0 Å². The van der Waals surface area contributed by atoms with Crippen molar-refractivity contribution >= 4 is 44.0 Å². The zero-order valence-electron chi connectivity index (χ0n) is 21.5. The number of hydrogen-bond donors (Lipinski definition) is 0. The van der Waals surface area contributed by atoms with Crippen molar-refractivity contribution < 1.29 is 19.1 Å². The van der Waals surface area contributed by atoms with Crippen LogP contribution in [0.4, 0.5) is 0 Å². The maximum atomic E-state index is 12.8. The van der Waals surface area contributed by atoms with Crippen molar-refractivity contribution in [1.29, 1.82) is 0 Å². The number of benzene rings is 1. The number of allylic oxidation sites excluding steroid dienone is 7. The topological polar surface area (TPSA) is 60.4 Å². The van der Waals surface area contributed by atoms with E-state index in [0.717, 1.165) is 68.3 Å². The summed E-state index contributed by atoms with van der Waals surface area (Å²) in [5.41, 5.74) is 3.69. The Labute approximate surface area is 227 Å². The SMILES string of the molecule is C=C1C=C(c2ccc(OC(=O)CCCCCCCCCC3=C(C)C(=O)C4=CCCC=C4C3=O)cc2)SS1. The first-order valence-corrected chi connectivity index (χ1v) is 15.3. The van der Waals surface area contributed by atoms with Crippen LogP contribution < -0.4 is 4.74 Å². The molecule has 1 aromatic carbocycles. The fraction of sp³-hybridized carbons (Fsp3) is 0.387. The van der Waals surface area contributed by atoms with Gasteiger partial charge in [-0.05, 0) is 62.8 Å². The lowest BCUT2D eigenvalue weighted by molar-refractivity contribution is -0.134. The molecule has 1 aliphatic heterocycles. The minimum atomic E-state index is -0.187. The van der Waals surface area contributed by atoms with Gasteiger partial charge in [-0.25, -0.2) is 0 Å². The first kappa shape index (κ1) is 27.5. The standard InChI is InChI=1S/C31H34O4S2/c1-21-20-28(37-36-21)23-16-18-24(19-17-23)35-29(32)15-9-7-5-3-4-6-8-12-25-22(2)30(33)26-13-10-11-14-27(26)31(25)34/h13-14,16-20H,1,3-12,15H2,2H3. The second kappa shape index (κ2) is 13.3. The van der Waals surface area contributed by atoms with Gasteiger partial charge in [0.15, 0.2) is 11.6 Å². The summed E-state index contributed by atoms with van der Waals surface area (Å²) < 4.78 is 5.48. The molecule has 0 radical (unpaired) electrons. The van der Waals surface area contributed by atoms with Crippen LogP contribution >= 0.6 is 21.6 Å². The van der Waals surface area contributed by atoms with Gasteiger partial charge in [-0.15, -0.1) is 0 Å². The van der Waals surface area contributed by atoms with E-state index in [2.05, 4.69) is 12.7 Å². The van der Waals surface area contributed by atoms with E-state index >= 15 is 0 Å². The Balaban J connectivity index is 1.07. The fourth-order valence-electron chi connectivity index (χ4n) is 4.83. The van der Waals surface area contributed by atoms with Crippen molar-refractivity contribution in [2.24, 2.45) is 0 Å². The molecule has 0 fully saturated rings. The monoisotopic (exact) mass is 534 g/mol. The minimum Gasteiger partial charge on any atom is -0.427 e. The van der Waals surface area contributed by atoms with Crippen molar-refractivity contribution in [3.8, 4) is 5.75 Å². The van der Waals surface area contributed by atoms with Crippen LogP contribution in [0.15, 0.2) is 76.3 Å². The van der Waals surface area contributed by atoms with Crippen LogP contribution in [-0.2, 0) is 14.4 Å². The van der Waals surface area contributed by atoms with Crippen LogP contribution in [0.5, 0.6) is 5.75 Å². The highest BCUT2D eigenvalue weighted by atomic mass is 33.1. The van der Waals surface area contributed by atoms with Gasteiger partial charge >= 0.3 is 5.97 Å². The predicted octanol–water partition coefficient (Wildman–Crippen LogP) is 8.47. The van der Waals surface area contributed by atoms with Crippen LogP contribution in [0.25, 0.3) is 4.91 Å². The molecule has 0 saturated heterocycles. The molecule has 0 atom stereocenters. The largest absolute Gasteiger partial charge is 0.427 e. The van der Waals surface area contributed by atoms with E-state index in [1.54, 1.807) is 28.5 Å². The lowest BCUT2D eigenvalue weighted by atomic mass is 9.78. The van der Waals surface area contributed by atoms with Crippen LogP contribution in [0.1, 0.15) is 83.1 Å². The fourth-order valence-corrected chi connectivity index (χ4v) is 6.85. The molecule has 0 bridgehead atoms. The molecule has 194 valence electrons. The molecule has 0 saturated carbocycles. The van der Waals surface area contributed by atoms with Crippen LogP contribution in [0.3, 0.4) is 0 Å². The van der Waals surface area contributed by atoms with Gasteiger partial charge in [0.25, 0.3) is 0 Å². The third-order valence-corrected chi connectivity index (χ3v) is 9.30. The smallest absolute Gasteiger partial charge is 0.311 e. The van der Waals surface area contributed by atoms with Crippen molar-refractivity contribution in [3.05, 3.63) is 81.8 Å². The van der Waals surface area contributed by atoms with Gasteiger partial charge in [-0.2, -0.15) is 0 Å². The second-order valence-electron chi connectivity index (χ2n) is 9.69. The number of esters is 1. The number of ether oxygens (including phenoxy) is 1. The van der Waals surface area contributed by atoms with Crippen LogP contribution in [0, 0.1) is 0 Å². The average Bonchev–Trinajstić information content (AvgIpc) is 3.34. The Kier molecular flexibility index (Phi) is 9.87. The minimum absolute atomic E-state index is 0.0303. The van der Waals surface area contributed by atoms with E-state index in [0.29, 0.717) is 40.9 Å². The first-order valence-electron chi connectivity index (χ1n) is 13.2. The number of fused-ring (bicyclic) bond motifs is 1. The molecular weight excluding hydrogens is 500 g/mol. The molecule has 6 heteroatoms. The van der Waals surface area contributed by atoms with Crippen molar-refractivity contribution in [1.82, 2.24) is 0 Å². The zero-order valence-corrected chi connectivity index (χ0v) is 23.1. The van der Waals surface area contributed by atoms with E-state index in [9.17, 15) is 14.4 Å². The molecule has 2 aliphatic carbocycles. The quantitative estimate of drug-likeness (QED) is 0.116. The Morgan fingerprint density at radius 3 is 2.14 bits per heavy atom. The predicted molar refractivity (Wildman–Crippen MR) is 154 cm³/mol. The number of carbonyl (C=O) groups excluding carboxylic acids is 3.